The molecular formula is C45H56ClN7O10S2. The van der Waals surface area contributed by atoms with Crippen LogP contribution in [0.3, 0.4) is 0 Å². The first-order valence-corrected chi connectivity index (χ1v) is 23.0. The highest BCUT2D eigenvalue weighted by Gasteiger charge is 2.22. The van der Waals surface area contributed by atoms with Crippen LogP contribution in [0.1, 0.15) is 64.9 Å². The van der Waals surface area contributed by atoms with Gasteiger partial charge < -0.3 is 25.4 Å². The van der Waals surface area contributed by atoms with Crippen LogP contribution in [-0.2, 0) is 47.6 Å². The number of carbonyl (C=O) groups is 4. The normalized spacial score (nSPS) is 10.6. The minimum absolute atomic E-state index is 0.0882. The number of ether oxygens (including phenoxy) is 1. The largest absolute Gasteiger partial charge is 0.481 e. The first-order valence-electron chi connectivity index (χ1n) is 19.9. The summed E-state index contributed by atoms with van der Waals surface area (Å²) in [4.78, 5) is 53.0. The summed E-state index contributed by atoms with van der Waals surface area (Å²) in [7, 11) is 0.353. The van der Waals surface area contributed by atoms with E-state index in [1.807, 2.05) is 94.4 Å². The summed E-state index contributed by atoms with van der Waals surface area (Å²) in [5.74, 6) is -1.04. The summed E-state index contributed by atoms with van der Waals surface area (Å²) in [6.07, 6.45) is 2.59. The van der Waals surface area contributed by atoms with E-state index in [4.69, 9.17) is 35.0 Å². The minimum Gasteiger partial charge on any atom is -0.481 e. The molecule has 5 aromatic rings. The van der Waals surface area contributed by atoms with Gasteiger partial charge in [-0.2, -0.15) is 13.5 Å². The van der Waals surface area contributed by atoms with E-state index in [0.717, 1.165) is 44.7 Å². The zero-order valence-corrected chi connectivity index (χ0v) is 40.4. The number of aliphatic carboxylic acids is 1. The van der Waals surface area contributed by atoms with Gasteiger partial charge in [-0.25, -0.2) is 17.9 Å². The predicted molar refractivity (Wildman–Crippen MR) is 254 cm³/mol. The number of carboxylic acids is 1. The number of allylic oxidation sites excluding steroid dienone is 1. The topological polar surface area (TPSA) is 236 Å². The van der Waals surface area contributed by atoms with Crippen LogP contribution in [0.2, 0.25) is 0 Å². The van der Waals surface area contributed by atoms with Crippen molar-refractivity contribution < 1.29 is 45.9 Å². The van der Waals surface area contributed by atoms with Crippen LogP contribution in [0.25, 0.3) is 16.5 Å². The second-order valence-corrected chi connectivity index (χ2v) is 18.4. The highest BCUT2D eigenvalue weighted by molar-refractivity contribution is 7.91. The van der Waals surface area contributed by atoms with Crippen LogP contribution in [-0.4, -0.2) is 97.9 Å². The molecule has 2 aromatic heterocycles. The molecule has 350 valence electrons. The Morgan fingerprint density at radius 2 is 1.52 bits per heavy atom. The molecule has 0 spiro atoms. The lowest BCUT2D eigenvalue weighted by molar-refractivity contribution is -0.136. The number of amides is 3. The number of aromatic nitrogens is 3. The minimum atomic E-state index is -3.50. The number of hydrogen-bond donors (Lipinski definition) is 4. The maximum atomic E-state index is 13.4. The average Bonchev–Trinajstić information content (AvgIpc) is 3.65. The molecule has 65 heavy (non-hydrogen) atoms. The summed E-state index contributed by atoms with van der Waals surface area (Å²) in [5, 5.41) is 23.1. The smallest absolute Gasteiger partial charge is 0.335 e. The molecule has 3 amide bonds. The molecule has 0 aliphatic heterocycles. The number of fused-ring (bicyclic) bond motifs is 1. The molecule has 0 radical (unpaired) electrons. The third kappa shape index (κ3) is 19.5. The van der Waals surface area contributed by atoms with Crippen LogP contribution in [0, 0.1) is 6.92 Å². The number of rotatable bonds is 13. The van der Waals surface area contributed by atoms with E-state index in [2.05, 4.69) is 41.7 Å². The number of carbonyl (C=O) groups excluding carboxylic acids is 3. The van der Waals surface area contributed by atoms with Gasteiger partial charge in [0.25, 0.3) is 0 Å². The fourth-order valence-electron chi connectivity index (χ4n) is 5.40. The van der Waals surface area contributed by atoms with Gasteiger partial charge in [0.15, 0.2) is 15.6 Å². The fraction of sp³-hybridized carbons (Fsp3) is 0.333. The molecule has 0 bridgehead atoms. The quantitative estimate of drug-likeness (QED) is 0.0834. The van der Waals surface area contributed by atoms with Gasteiger partial charge in [0.2, 0.25) is 5.91 Å². The van der Waals surface area contributed by atoms with Crippen molar-refractivity contribution in [3.05, 3.63) is 113 Å². The van der Waals surface area contributed by atoms with Crippen molar-refractivity contribution in [1.82, 2.24) is 25.0 Å². The zero-order chi connectivity index (χ0) is 49.1. The van der Waals surface area contributed by atoms with E-state index in [1.54, 1.807) is 35.9 Å². The summed E-state index contributed by atoms with van der Waals surface area (Å²) in [5.41, 5.74) is 4.66. The van der Waals surface area contributed by atoms with Crippen LogP contribution in [0.4, 0.5) is 16.3 Å². The van der Waals surface area contributed by atoms with Crippen LogP contribution in [0.15, 0.2) is 95.8 Å². The molecule has 0 aliphatic carbocycles. The van der Waals surface area contributed by atoms with Crippen molar-refractivity contribution in [3.8, 4) is 17.2 Å². The van der Waals surface area contributed by atoms with E-state index in [1.165, 1.54) is 6.20 Å². The highest BCUT2D eigenvalue weighted by Crippen LogP contribution is 2.35. The molecule has 5 rings (SSSR count). The molecule has 0 atom stereocenters. The van der Waals surface area contributed by atoms with Crippen LogP contribution >= 0.6 is 11.6 Å². The van der Waals surface area contributed by atoms with Crippen LogP contribution < -0.4 is 20.7 Å². The molecule has 0 saturated carbocycles. The standard InChI is InChI=1S/C36H38N6O6S.C6H12ClN.C3H6O2.O2S/c1-23-10-12-25(13-11-23)42-33(20-32(41-42)36(2,3)4)40-35(45)39-30-14-15-31(29-9-7-6-8-28(29)30)48-27-16-17-37-24(19-27)18-26(43)21-38-34(44)22-49(5,46)47;1-5(2)6(7)8(3)4;1-2-3(4)5;1-3-2/h6-17,19-20H,18,21-22H2,1-5H3,(H,38,44)(H2,39,40,45);1-4H3;2H2,1H3,(H,4,5);. The number of benzene rings is 3. The number of hydrogen-bond acceptors (Lipinski definition) is 12. The maximum absolute atomic E-state index is 13.4. The second-order valence-electron chi connectivity index (χ2n) is 15.8. The van der Waals surface area contributed by atoms with Gasteiger partial charge >= 0.3 is 23.6 Å². The molecule has 0 aliphatic rings. The Labute approximate surface area is 388 Å². The lowest BCUT2D eigenvalue weighted by Crippen LogP contribution is -2.34. The Kier molecular flexibility index (Phi) is 21.7. The first kappa shape index (κ1) is 54.7. The monoisotopic (exact) mass is 953 g/mol. The van der Waals surface area contributed by atoms with Gasteiger partial charge in [0.1, 0.15) is 28.2 Å². The van der Waals surface area contributed by atoms with Crippen molar-refractivity contribution in [3.63, 3.8) is 0 Å². The number of sulfone groups is 1. The number of urea groups is 1. The number of Topliss-reactive ketones (excluding diaryl/α,β-unsaturated/α-hetero) is 1. The number of anilines is 2. The predicted octanol–water partition coefficient (Wildman–Crippen LogP) is 7.58. The number of pyridine rings is 1. The molecule has 20 heteroatoms. The third-order valence-electron chi connectivity index (χ3n) is 8.51. The van der Waals surface area contributed by atoms with E-state index < -0.39 is 45.1 Å². The Balaban J connectivity index is 0.000000778. The number of halogens is 1. The average molecular weight is 955 g/mol. The van der Waals surface area contributed by atoms with Crippen molar-refractivity contribution >= 4 is 79.0 Å². The Morgan fingerprint density at radius 3 is 2.05 bits per heavy atom. The SMILES string of the molecule is CC(C)=C(Cl)N(C)C.CCC(=O)O.Cc1ccc(-n2nc(C(C)(C)C)cc2NC(=O)Nc2ccc(Oc3ccnc(CC(=O)CNC(=O)CS(C)(=O)=O)c3)c3ccccc23)cc1.O=S=O. The van der Waals surface area contributed by atoms with Crippen molar-refractivity contribution in [1.29, 1.82) is 0 Å². The number of ketones is 1. The molecule has 0 saturated heterocycles. The Morgan fingerprint density at radius 1 is 0.923 bits per heavy atom. The number of nitrogens with zero attached hydrogens (tertiary/aromatic N) is 4. The molecule has 4 N–H and O–H groups in total. The first-order chi connectivity index (χ1) is 30.4. The van der Waals surface area contributed by atoms with E-state index in [-0.39, 0.29) is 30.6 Å². The summed E-state index contributed by atoms with van der Waals surface area (Å²) in [6.45, 7) is 13.5. The lowest BCUT2D eigenvalue weighted by Gasteiger charge is -2.14. The zero-order valence-electron chi connectivity index (χ0n) is 38.0. The number of aryl methyl sites for hydroxylation is 1. The van der Waals surface area contributed by atoms with Gasteiger partial charge in [-0.05, 0) is 56.7 Å². The lowest BCUT2D eigenvalue weighted by atomic mass is 9.92. The van der Waals surface area contributed by atoms with E-state index in [9.17, 15) is 27.6 Å². The summed E-state index contributed by atoms with van der Waals surface area (Å²) >= 11 is 5.01. The second kappa shape index (κ2) is 25.8. The van der Waals surface area contributed by atoms with Gasteiger partial charge in [0, 0.05) is 61.3 Å². The van der Waals surface area contributed by atoms with E-state index in [0.29, 0.717) is 28.7 Å². The van der Waals surface area contributed by atoms with E-state index >= 15 is 0 Å². The molecular weight excluding hydrogens is 898 g/mol. The van der Waals surface area contributed by atoms with Crippen LogP contribution in [0.5, 0.6) is 11.5 Å². The number of nitrogens with one attached hydrogen (secondary N) is 3. The summed E-state index contributed by atoms with van der Waals surface area (Å²) < 4.78 is 47.1. The van der Waals surface area contributed by atoms with Gasteiger partial charge in [0.05, 0.1) is 35.7 Å². The Bertz CT molecular complexity index is 2620. The van der Waals surface area contributed by atoms with Crippen molar-refractivity contribution in [2.75, 3.05) is 43.3 Å². The van der Waals surface area contributed by atoms with Gasteiger partial charge in [-0.1, -0.05) is 81.3 Å². The Hall–Kier alpha value is -6.44. The number of carboxylic acid groups (broad SMARTS) is 1. The van der Waals surface area contributed by atoms with Crippen molar-refractivity contribution in [2.45, 2.75) is 66.7 Å². The summed E-state index contributed by atoms with van der Waals surface area (Å²) in [6, 6.07) is 23.6. The third-order valence-corrected chi connectivity index (χ3v) is 10.0. The van der Waals surface area contributed by atoms with Gasteiger partial charge in [-0.3, -0.25) is 24.7 Å². The highest BCUT2D eigenvalue weighted by atomic mass is 35.5. The molecule has 0 fully saturated rings. The van der Waals surface area contributed by atoms with Gasteiger partial charge in [-0.15, -0.1) is 0 Å². The maximum Gasteiger partial charge on any atom is 0.335 e. The molecule has 2 heterocycles. The van der Waals surface area contributed by atoms with Crippen molar-refractivity contribution in [2.24, 2.45) is 0 Å². The fourth-order valence-corrected chi connectivity index (χ4v) is 5.98. The molecule has 3 aromatic carbocycles. The molecule has 0 unspecified atom stereocenters. The molecule has 17 nitrogen and oxygen atoms in total.